The maximum absolute atomic E-state index is 16.1. The summed E-state index contributed by atoms with van der Waals surface area (Å²) in [5.74, 6) is -5.13. The standard InChI is InChI=1S/C43H46ClF4N11O4/c1-55-31-18-28(45)29(17-26(31)35-37(41(55)62)63-21-43(47,48)38(52-35)23-3-4-23)50-39-27(44)19-49-42(53-39)59-11-9-22(10-12-59)20-57-13-15-58(16-14-57)30-7-5-24-34(54-56(2)36(24)33(30)46)25-6-8-32(60)51-40(25)61/h5,7,17-19,22-23,25,38,52H,3-4,6,8-16,20-21H2,1-2H3,(H,49,50,53)(H,51,60,61). The lowest BCUT2D eigenvalue weighted by atomic mass is 9.92. The summed E-state index contributed by atoms with van der Waals surface area (Å²) in [5.41, 5.74) is 0.953. The lowest BCUT2D eigenvalue weighted by molar-refractivity contribution is -0.134. The van der Waals surface area contributed by atoms with E-state index in [9.17, 15) is 14.4 Å². The second-order valence-corrected chi connectivity index (χ2v) is 17.9. The van der Waals surface area contributed by atoms with E-state index in [1.165, 1.54) is 34.6 Å². The monoisotopic (exact) mass is 891 g/mol. The maximum atomic E-state index is 16.1. The lowest BCUT2D eigenvalue weighted by Crippen LogP contribution is -2.49. The van der Waals surface area contributed by atoms with Gasteiger partial charge in [0.2, 0.25) is 23.5 Å². The predicted molar refractivity (Wildman–Crippen MR) is 229 cm³/mol. The molecule has 3 aromatic heterocycles. The van der Waals surface area contributed by atoms with E-state index in [1.54, 1.807) is 13.1 Å². The van der Waals surface area contributed by atoms with Gasteiger partial charge in [0.25, 0.3) is 5.56 Å². The Kier molecular flexibility index (Phi) is 10.4. The van der Waals surface area contributed by atoms with Crippen LogP contribution in [0.25, 0.3) is 21.8 Å². The topological polar surface area (TPSA) is 155 Å². The van der Waals surface area contributed by atoms with Gasteiger partial charge in [-0.05, 0) is 62.1 Å². The largest absolute Gasteiger partial charge is 0.480 e. The van der Waals surface area contributed by atoms with Gasteiger partial charge >= 0.3 is 5.92 Å². The molecule has 20 heteroatoms. The van der Waals surface area contributed by atoms with Crippen molar-refractivity contribution in [2.75, 3.05) is 72.9 Å². The Morgan fingerprint density at radius 2 is 1.71 bits per heavy atom. The van der Waals surface area contributed by atoms with Gasteiger partial charge in [0.05, 0.1) is 46.4 Å². The van der Waals surface area contributed by atoms with Gasteiger partial charge in [-0.3, -0.25) is 29.3 Å². The van der Waals surface area contributed by atoms with Crippen LogP contribution < -0.4 is 36.0 Å². The first-order valence-corrected chi connectivity index (χ1v) is 21.8. The molecule has 2 atom stereocenters. The highest BCUT2D eigenvalue weighted by atomic mass is 35.5. The molecule has 5 aromatic rings. The van der Waals surface area contributed by atoms with Crippen LogP contribution in [-0.4, -0.2) is 105 Å². The van der Waals surface area contributed by atoms with Gasteiger partial charge < -0.3 is 29.7 Å². The fourth-order valence-corrected chi connectivity index (χ4v) is 9.83. The number of ether oxygens (including phenoxy) is 1. The number of fused-ring (bicyclic) bond motifs is 4. The van der Waals surface area contributed by atoms with E-state index in [4.69, 9.17) is 16.3 Å². The number of alkyl halides is 2. The van der Waals surface area contributed by atoms with Crippen molar-refractivity contribution in [3.63, 3.8) is 0 Å². The number of hydrogen-bond acceptors (Lipinski definition) is 12. The average molecular weight is 892 g/mol. The highest BCUT2D eigenvalue weighted by Crippen LogP contribution is 2.46. The van der Waals surface area contributed by atoms with E-state index in [0.29, 0.717) is 85.0 Å². The average Bonchev–Trinajstić information content (AvgIpc) is 4.06. The van der Waals surface area contributed by atoms with Gasteiger partial charge in [-0.2, -0.15) is 10.1 Å². The molecule has 4 aliphatic heterocycles. The molecule has 4 fully saturated rings. The molecule has 1 aliphatic carbocycles. The zero-order valence-corrected chi connectivity index (χ0v) is 35.5. The highest BCUT2D eigenvalue weighted by molar-refractivity contribution is 6.33. The molecule has 15 nitrogen and oxygen atoms in total. The van der Waals surface area contributed by atoms with Crippen LogP contribution >= 0.6 is 11.6 Å². The van der Waals surface area contributed by atoms with Crippen LogP contribution in [-0.2, 0) is 23.7 Å². The van der Waals surface area contributed by atoms with Crippen molar-refractivity contribution in [1.29, 1.82) is 0 Å². The molecule has 3 N–H and O–H groups in total. The predicted octanol–water partition coefficient (Wildman–Crippen LogP) is 5.67. The number of nitrogens with one attached hydrogen (secondary N) is 3. The molecule has 5 aliphatic rings. The van der Waals surface area contributed by atoms with E-state index in [-0.39, 0.29) is 57.5 Å². The molecule has 2 amide bonds. The number of piperidine rings is 2. The van der Waals surface area contributed by atoms with Crippen LogP contribution in [0.4, 0.5) is 46.4 Å². The Morgan fingerprint density at radius 3 is 2.44 bits per heavy atom. The summed E-state index contributed by atoms with van der Waals surface area (Å²) < 4.78 is 70.3. The van der Waals surface area contributed by atoms with Crippen LogP contribution in [0.15, 0.2) is 35.3 Å². The number of rotatable bonds is 8. The summed E-state index contributed by atoms with van der Waals surface area (Å²) in [6.07, 6.45) is 5.04. The molecule has 0 spiro atoms. The zero-order valence-electron chi connectivity index (χ0n) is 34.7. The van der Waals surface area contributed by atoms with Crippen LogP contribution in [0, 0.1) is 23.5 Å². The first-order valence-electron chi connectivity index (χ1n) is 21.4. The molecule has 332 valence electrons. The van der Waals surface area contributed by atoms with Crippen LogP contribution in [0.3, 0.4) is 0 Å². The summed E-state index contributed by atoms with van der Waals surface area (Å²) in [7, 11) is 3.11. The van der Waals surface area contributed by atoms with Gasteiger partial charge in [-0.1, -0.05) is 11.6 Å². The quantitative estimate of drug-likeness (QED) is 0.130. The summed E-state index contributed by atoms with van der Waals surface area (Å²) >= 11 is 6.55. The Morgan fingerprint density at radius 1 is 0.952 bits per heavy atom. The van der Waals surface area contributed by atoms with Gasteiger partial charge in [0.15, 0.2) is 18.2 Å². The van der Waals surface area contributed by atoms with E-state index in [1.807, 2.05) is 11.0 Å². The van der Waals surface area contributed by atoms with Gasteiger partial charge in [0.1, 0.15) is 16.4 Å². The number of anilines is 5. The number of piperazine rings is 1. The number of aromatic nitrogens is 5. The smallest absolute Gasteiger partial charge is 0.301 e. The number of halogens is 5. The molecule has 7 heterocycles. The number of benzene rings is 2. The number of carbonyl (C=O) groups is 2. The minimum absolute atomic E-state index is 0.0198. The second kappa shape index (κ2) is 15.8. The lowest BCUT2D eigenvalue weighted by Gasteiger charge is -2.39. The fourth-order valence-electron chi connectivity index (χ4n) is 9.69. The van der Waals surface area contributed by atoms with E-state index in [0.717, 1.165) is 32.5 Å². The van der Waals surface area contributed by atoms with Crippen molar-refractivity contribution in [1.82, 2.24) is 34.5 Å². The Hall–Kier alpha value is -5.69. The normalized spacial score (nSPS) is 22.1. The summed E-state index contributed by atoms with van der Waals surface area (Å²) in [4.78, 5) is 53.2. The van der Waals surface area contributed by atoms with Crippen LogP contribution in [0.5, 0.6) is 5.75 Å². The molecule has 1 saturated carbocycles. The third-order valence-electron chi connectivity index (χ3n) is 13.3. The number of nitrogens with zero attached hydrogens (tertiary/aromatic N) is 8. The molecular formula is C43H46ClF4N11O4. The molecule has 3 saturated heterocycles. The molecular weight excluding hydrogens is 846 g/mol. The summed E-state index contributed by atoms with van der Waals surface area (Å²) in [6, 6.07) is 4.98. The molecule has 2 unspecified atom stereocenters. The summed E-state index contributed by atoms with van der Waals surface area (Å²) in [5, 5.41) is 13.9. The van der Waals surface area contributed by atoms with Crippen molar-refractivity contribution in [2.24, 2.45) is 25.9 Å². The Bertz CT molecular complexity index is 2730. The van der Waals surface area contributed by atoms with E-state index in [2.05, 4.69) is 40.8 Å². The number of carbonyl (C=O) groups excluding carboxylic acids is 2. The number of amides is 2. The Labute approximate surface area is 363 Å². The molecule has 0 bridgehead atoms. The third-order valence-corrected chi connectivity index (χ3v) is 13.6. The second-order valence-electron chi connectivity index (χ2n) is 17.4. The number of aryl methyl sites for hydroxylation is 2. The van der Waals surface area contributed by atoms with Gasteiger partial charge in [0, 0.05) is 83.2 Å². The first kappa shape index (κ1) is 41.3. The van der Waals surface area contributed by atoms with Crippen molar-refractivity contribution >= 4 is 74.0 Å². The molecule has 0 radical (unpaired) electrons. The minimum atomic E-state index is -3.22. The van der Waals surface area contributed by atoms with Crippen molar-refractivity contribution < 1.29 is 31.9 Å². The maximum Gasteiger partial charge on any atom is 0.301 e. The molecule has 10 rings (SSSR count). The number of hydrogen-bond donors (Lipinski definition) is 3. The molecule has 63 heavy (non-hydrogen) atoms. The van der Waals surface area contributed by atoms with Crippen LogP contribution in [0.2, 0.25) is 5.02 Å². The van der Waals surface area contributed by atoms with E-state index >= 15 is 17.6 Å². The van der Waals surface area contributed by atoms with Crippen molar-refractivity contribution in [2.45, 2.75) is 56.4 Å². The minimum Gasteiger partial charge on any atom is -0.480 e. The highest BCUT2D eigenvalue weighted by Gasteiger charge is 2.51. The number of pyridine rings is 1. The van der Waals surface area contributed by atoms with Crippen molar-refractivity contribution in [3.8, 4) is 5.75 Å². The number of imide groups is 1. The Balaban J connectivity index is 0.781. The summed E-state index contributed by atoms with van der Waals surface area (Å²) in [6.45, 7) is 4.14. The SMILES string of the molecule is Cn1nc(C2CCC(=O)NC2=O)c2ccc(N3CCN(CC4CCN(c5ncc(Cl)c(Nc6cc7c8c(c(=O)n(C)c7cc6F)OCC(F)(F)C(C6CC6)N8)n5)CC4)CC3)c(F)c21. The first-order chi connectivity index (χ1) is 30.2. The zero-order chi connectivity index (χ0) is 43.9. The van der Waals surface area contributed by atoms with Gasteiger partial charge in [-0.25, -0.2) is 22.5 Å². The van der Waals surface area contributed by atoms with E-state index < -0.39 is 41.8 Å². The van der Waals surface area contributed by atoms with Crippen LogP contribution in [0.1, 0.15) is 50.1 Å². The molecule has 2 aromatic carbocycles. The fraction of sp³-hybridized carbons (Fsp3) is 0.488. The van der Waals surface area contributed by atoms with Gasteiger partial charge in [-0.15, -0.1) is 0 Å². The van der Waals surface area contributed by atoms with Crippen molar-refractivity contribution in [3.05, 3.63) is 63.2 Å². The third kappa shape index (κ3) is 7.55.